The van der Waals surface area contributed by atoms with Crippen LogP contribution in [0.3, 0.4) is 0 Å². The quantitative estimate of drug-likeness (QED) is 0.909. The van der Waals surface area contributed by atoms with Gasteiger partial charge in [0.25, 0.3) is 0 Å². The van der Waals surface area contributed by atoms with Gasteiger partial charge >= 0.3 is 6.09 Å². The Morgan fingerprint density at radius 2 is 2.14 bits per heavy atom. The third-order valence-electron chi connectivity index (χ3n) is 3.71. The molecular formula is C16H26N4O2. The van der Waals surface area contributed by atoms with Crippen LogP contribution >= 0.6 is 0 Å². The molecule has 2 rings (SSSR count). The van der Waals surface area contributed by atoms with Crippen LogP contribution in [0.15, 0.2) is 18.3 Å². The highest BCUT2D eigenvalue weighted by atomic mass is 16.6. The highest BCUT2D eigenvalue weighted by Gasteiger charge is 2.31. The summed E-state index contributed by atoms with van der Waals surface area (Å²) in [6.07, 6.45) is 2.51. The highest BCUT2D eigenvalue weighted by molar-refractivity contribution is 5.69. The van der Waals surface area contributed by atoms with Gasteiger partial charge in [-0.15, -0.1) is 0 Å². The smallest absolute Gasteiger partial charge is 0.410 e. The van der Waals surface area contributed by atoms with Crippen LogP contribution in [0.1, 0.15) is 34.1 Å². The number of nitrogen functional groups attached to an aromatic ring is 1. The number of nitrogens with zero attached hydrogens (tertiary/aromatic N) is 3. The number of pyridine rings is 1. The minimum absolute atomic E-state index is 0.235. The van der Waals surface area contributed by atoms with E-state index in [0.29, 0.717) is 18.9 Å². The first-order valence-corrected chi connectivity index (χ1v) is 7.76. The minimum atomic E-state index is -0.462. The van der Waals surface area contributed by atoms with Gasteiger partial charge in [-0.1, -0.05) is 6.92 Å². The van der Waals surface area contributed by atoms with Crippen LogP contribution in [0, 0.1) is 0 Å². The fraction of sp³-hybridized carbons (Fsp3) is 0.625. The van der Waals surface area contributed by atoms with Gasteiger partial charge in [-0.2, -0.15) is 0 Å². The SMILES string of the molecule is CC[C@H]1CN(C(=O)OC(C)(C)C)CCN1c1ccc(N)nc1. The second-order valence-corrected chi connectivity index (χ2v) is 6.62. The van der Waals surface area contributed by atoms with E-state index in [0.717, 1.165) is 18.7 Å². The van der Waals surface area contributed by atoms with Crippen molar-refractivity contribution >= 4 is 17.6 Å². The topological polar surface area (TPSA) is 71.7 Å². The first kappa shape index (κ1) is 16.4. The van der Waals surface area contributed by atoms with Gasteiger partial charge in [0.15, 0.2) is 0 Å². The Kier molecular flexibility index (Phi) is 4.78. The third-order valence-corrected chi connectivity index (χ3v) is 3.71. The summed E-state index contributed by atoms with van der Waals surface area (Å²) in [5.74, 6) is 0.518. The Hall–Kier alpha value is -1.98. The van der Waals surface area contributed by atoms with Gasteiger partial charge in [-0.25, -0.2) is 9.78 Å². The van der Waals surface area contributed by atoms with Crippen molar-refractivity contribution in [1.82, 2.24) is 9.88 Å². The number of rotatable bonds is 2. The largest absolute Gasteiger partial charge is 0.444 e. The lowest BCUT2D eigenvalue weighted by Crippen LogP contribution is -2.55. The molecule has 2 N–H and O–H groups in total. The number of ether oxygens (including phenoxy) is 1. The molecule has 122 valence electrons. The molecule has 1 amide bonds. The van der Waals surface area contributed by atoms with Gasteiger partial charge in [0.2, 0.25) is 0 Å². The lowest BCUT2D eigenvalue weighted by atomic mass is 10.1. The summed E-state index contributed by atoms with van der Waals surface area (Å²) >= 11 is 0. The summed E-state index contributed by atoms with van der Waals surface area (Å²) in [6, 6.07) is 4.04. The maximum atomic E-state index is 12.2. The Balaban J connectivity index is 2.05. The van der Waals surface area contributed by atoms with Gasteiger partial charge in [0.05, 0.1) is 11.9 Å². The Labute approximate surface area is 132 Å². The van der Waals surface area contributed by atoms with Crippen LogP contribution in [0.5, 0.6) is 0 Å². The van der Waals surface area contributed by atoms with E-state index in [1.165, 1.54) is 0 Å². The number of carbonyl (C=O) groups excluding carboxylic acids is 1. The zero-order valence-corrected chi connectivity index (χ0v) is 13.9. The fourth-order valence-corrected chi connectivity index (χ4v) is 2.60. The molecule has 0 spiro atoms. The Bertz CT molecular complexity index is 510. The van der Waals surface area contributed by atoms with Crippen molar-refractivity contribution in [2.45, 2.75) is 45.8 Å². The van der Waals surface area contributed by atoms with Crippen molar-refractivity contribution in [3.8, 4) is 0 Å². The molecule has 0 saturated carbocycles. The van der Waals surface area contributed by atoms with E-state index in [2.05, 4.69) is 16.8 Å². The van der Waals surface area contributed by atoms with Crippen LogP contribution in [-0.2, 0) is 4.74 Å². The lowest BCUT2D eigenvalue weighted by Gasteiger charge is -2.42. The van der Waals surface area contributed by atoms with E-state index in [1.807, 2.05) is 32.9 Å². The first-order valence-electron chi connectivity index (χ1n) is 7.76. The number of amides is 1. The summed E-state index contributed by atoms with van der Waals surface area (Å²) < 4.78 is 5.47. The fourth-order valence-electron chi connectivity index (χ4n) is 2.60. The van der Waals surface area contributed by atoms with Crippen molar-refractivity contribution in [2.24, 2.45) is 0 Å². The monoisotopic (exact) mass is 306 g/mol. The molecule has 1 aliphatic heterocycles. The van der Waals surface area contributed by atoms with Crippen LogP contribution in [0.25, 0.3) is 0 Å². The molecular weight excluding hydrogens is 280 g/mol. The predicted octanol–water partition coefficient (Wildman–Crippen LogP) is 2.50. The van der Waals surface area contributed by atoms with Crippen molar-refractivity contribution in [2.75, 3.05) is 30.3 Å². The number of anilines is 2. The van der Waals surface area contributed by atoms with Crippen LogP contribution in [0.4, 0.5) is 16.3 Å². The minimum Gasteiger partial charge on any atom is -0.444 e. The summed E-state index contributed by atoms with van der Waals surface area (Å²) in [5, 5.41) is 0. The number of piperazine rings is 1. The van der Waals surface area contributed by atoms with Gasteiger partial charge in [0.1, 0.15) is 11.4 Å². The molecule has 1 atom stereocenters. The van der Waals surface area contributed by atoms with Gasteiger partial charge in [-0.3, -0.25) is 0 Å². The second-order valence-electron chi connectivity index (χ2n) is 6.62. The Morgan fingerprint density at radius 1 is 1.41 bits per heavy atom. The zero-order chi connectivity index (χ0) is 16.3. The van der Waals surface area contributed by atoms with E-state index in [9.17, 15) is 4.79 Å². The molecule has 0 bridgehead atoms. The van der Waals surface area contributed by atoms with E-state index in [4.69, 9.17) is 10.5 Å². The molecule has 1 aliphatic rings. The predicted molar refractivity (Wildman–Crippen MR) is 87.9 cm³/mol. The summed E-state index contributed by atoms with van der Waals surface area (Å²) in [4.78, 5) is 20.5. The van der Waals surface area contributed by atoms with Crippen LogP contribution in [0.2, 0.25) is 0 Å². The van der Waals surface area contributed by atoms with Crippen molar-refractivity contribution in [3.63, 3.8) is 0 Å². The molecule has 1 aromatic heterocycles. The molecule has 1 aromatic rings. The van der Waals surface area contributed by atoms with Crippen LogP contribution in [-0.4, -0.2) is 47.3 Å². The number of hydrogen-bond donors (Lipinski definition) is 1. The average molecular weight is 306 g/mol. The zero-order valence-electron chi connectivity index (χ0n) is 13.9. The maximum absolute atomic E-state index is 12.2. The van der Waals surface area contributed by atoms with Crippen LogP contribution < -0.4 is 10.6 Å². The van der Waals surface area contributed by atoms with E-state index >= 15 is 0 Å². The summed E-state index contributed by atoms with van der Waals surface area (Å²) in [7, 11) is 0. The number of hydrogen-bond acceptors (Lipinski definition) is 5. The van der Waals surface area contributed by atoms with E-state index in [-0.39, 0.29) is 12.1 Å². The molecule has 1 fully saturated rings. The summed E-state index contributed by atoms with van der Waals surface area (Å²) in [5.41, 5.74) is 6.23. The van der Waals surface area contributed by atoms with E-state index in [1.54, 1.807) is 11.1 Å². The molecule has 0 aliphatic carbocycles. The van der Waals surface area contributed by atoms with E-state index < -0.39 is 5.60 Å². The van der Waals surface area contributed by atoms with Gasteiger partial charge in [0, 0.05) is 25.7 Å². The standard InChI is InChI=1S/C16H26N4O2/c1-5-12-11-19(15(21)22-16(2,3)4)8-9-20(12)13-6-7-14(17)18-10-13/h6-7,10,12H,5,8-9,11H2,1-4H3,(H2,17,18)/t12-/m0/s1. The van der Waals surface area contributed by atoms with Crippen molar-refractivity contribution in [1.29, 1.82) is 0 Å². The molecule has 1 saturated heterocycles. The molecule has 0 radical (unpaired) electrons. The molecule has 0 aromatic carbocycles. The van der Waals surface area contributed by atoms with Crippen molar-refractivity contribution in [3.05, 3.63) is 18.3 Å². The molecule has 22 heavy (non-hydrogen) atoms. The van der Waals surface area contributed by atoms with Crippen molar-refractivity contribution < 1.29 is 9.53 Å². The highest BCUT2D eigenvalue weighted by Crippen LogP contribution is 2.23. The average Bonchev–Trinajstić information content (AvgIpc) is 2.45. The molecule has 2 heterocycles. The normalized spacial score (nSPS) is 19.2. The summed E-state index contributed by atoms with van der Waals surface area (Å²) in [6.45, 7) is 9.87. The third kappa shape index (κ3) is 4.02. The molecule has 0 unspecified atom stereocenters. The second kappa shape index (κ2) is 6.42. The maximum Gasteiger partial charge on any atom is 0.410 e. The molecule has 6 nitrogen and oxygen atoms in total. The van der Waals surface area contributed by atoms with Gasteiger partial charge in [-0.05, 0) is 39.3 Å². The molecule has 6 heteroatoms. The number of carbonyl (C=O) groups is 1. The van der Waals surface area contributed by atoms with Gasteiger partial charge < -0.3 is 20.3 Å². The number of aromatic nitrogens is 1. The first-order chi connectivity index (χ1) is 10.3. The lowest BCUT2D eigenvalue weighted by molar-refractivity contribution is 0.0213. The Morgan fingerprint density at radius 3 is 2.68 bits per heavy atom. The number of nitrogens with two attached hydrogens (primary N) is 1.